The highest BCUT2D eigenvalue weighted by atomic mass is 32.1. The van der Waals surface area contributed by atoms with E-state index in [4.69, 9.17) is 0 Å². The average Bonchev–Trinajstić information content (AvgIpc) is 3.12. The van der Waals surface area contributed by atoms with Crippen LogP contribution in [0.3, 0.4) is 0 Å². The Hall–Kier alpha value is -2.53. The molecule has 1 N–H and O–H groups in total. The molecule has 2 heterocycles. The SMILES string of the molecule is O=C1Cc2cc(-c3csc(-c4ccc(F)cc4)n3)ccc2N1. The van der Waals surface area contributed by atoms with E-state index >= 15 is 0 Å². The van der Waals surface area contributed by atoms with Gasteiger partial charge >= 0.3 is 0 Å². The monoisotopic (exact) mass is 310 g/mol. The number of aromatic nitrogens is 1. The number of nitrogens with one attached hydrogen (secondary N) is 1. The molecule has 0 fully saturated rings. The van der Waals surface area contributed by atoms with E-state index < -0.39 is 0 Å². The lowest BCUT2D eigenvalue weighted by Gasteiger charge is -2.01. The highest BCUT2D eigenvalue weighted by Crippen LogP contribution is 2.32. The van der Waals surface area contributed by atoms with Gasteiger partial charge in [0.25, 0.3) is 0 Å². The second kappa shape index (κ2) is 5.03. The molecular weight excluding hydrogens is 299 g/mol. The van der Waals surface area contributed by atoms with E-state index in [-0.39, 0.29) is 11.7 Å². The summed E-state index contributed by atoms with van der Waals surface area (Å²) in [5.41, 5.74) is 4.63. The Kier molecular flexibility index (Phi) is 3.01. The lowest BCUT2D eigenvalue weighted by atomic mass is 10.1. The van der Waals surface area contributed by atoms with Gasteiger partial charge in [-0.15, -0.1) is 11.3 Å². The first-order chi connectivity index (χ1) is 10.7. The first kappa shape index (κ1) is 13.2. The Balaban J connectivity index is 1.68. The maximum Gasteiger partial charge on any atom is 0.228 e. The molecule has 0 atom stereocenters. The number of nitrogens with zero attached hydrogens (tertiary/aromatic N) is 1. The Labute approximate surface area is 130 Å². The van der Waals surface area contributed by atoms with E-state index in [1.54, 1.807) is 12.1 Å². The minimum atomic E-state index is -0.253. The summed E-state index contributed by atoms with van der Waals surface area (Å²) >= 11 is 1.52. The van der Waals surface area contributed by atoms with Crippen molar-refractivity contribution >= 4 is 22.9 Å². The Morgan fingerprint density at radius 1 is 1.09 bits per heavy atom. The lowest BCUT2D eigenvalue weighted by molar-refractivity contribution is -0.115. The molecule has 0 saturated heterocycles. The molecular formula is C17H11FN2OS. The average molecular weight is 310 g/mol. The molecule has 0 unspecified atom stereocenters. The first-order valence-corrected chi connectivity index (χ1v) is 7.71. The van der Waals surface area contributed by atoms with Crippen LogP contribution in [0.5, 0.6) is 0 Å². The molecule has 1 amide bonds. The van der Waals surface area contributed by atoms with Gasteiger partial charge in [0.2, 0.25) is 5.91 Å². The van der Waals surface area contributed by atoms with Crippen LogP contribution in [0.1, 0.15) is 5.56 Å². The largest absolute Gasteiger partial charge is 0.326 e. The van der Waals surface area contributed by atoms with Gasteiger partial charge in [0.1, 0.15) is 10.8 Å². The van der Waals surface area contributed by atoms with E-state index in [9.17, 15) is 9.18 Å². The zero-order valence-electron chi connectivity index (χ0n) is 11.5. The van der Waals surface area contributed by atoms with Crippen LogP contribution in [0.25, 0.3) is 21.8 Å². The van der Waals surface area contributed by atoms with Gasteiger partial charge in [-0.2, -0.15) is 0 Å². The first-order valence-electron chi connectivity index (χ1n) is 6.84. The van der Waals surface area contributed by atoms with Crippen molar-refractivity contribution in [3.05, 3.63) is 59.2 Å². The Morgan fingerprint density at radius 2 is 1.86 bits per heavy atom. The summed E-state index contributed by atoms with van der Waals surface area (Å²) < 4.78 is 13.0. The molecule has 3 nitrogen and oxygen atoms in total. The van der Waals surface area contributed by atoms with Gasteiger partial charge in [-0.25, -0.2) is 9.37 Å². The third-order valence-corrected chi connectivity index (χ3v) is 4.51. The molecule has 1 aliphatic heterocycles. The summed E-state index contributed by atoms with van der Waals surface area (Å²) in [5, 5.41) is 5.65. The molecule has 1 aliphatic rings. The molecule has 1 aromatic heterocycles. The molecule has 0 aliphatic carbocycles. The van der Waals surface area contributed by atoms with Gasteiger partial charge in [-0.05, 0) is 42.0 Å². The number of fused-ring (bicyclic) bond motifs is 1. The standard InChI is InChI=1S/C17H11FN2OS/c18-13-4-1-10(2-5-13)17-20-15(9-22-17)11-3-6-14-12(7-11)8-16(21)19-14/h1-7,9H,8H2,(H,19,21). The number of carbonyl (C=O) groups is 1. The molecule has 3 aromatic rings. The van der Waals surface area contributed by atoms with Gasteiger partial charge in [0.15, 0.2) is 0 Å². The number of hydrogen-bond acceptors (Lipinski definition) is 3. The topological polar surface area (TPSA) is 42.0 Å². The van der Waals surface area contributed by atoms with Crippen LogP contribution in [0.2, 0.25) is 0 Å². The maximum atomic E-state index is 13.0. The van der Waals surface area contributed by atoms with Crippen LogP contribution >= 0.6 is 11.3 Å². The summed E-state index contributed by atoms with van der Waals surface area (Å²) in [6.45, 7) is 0. The van der Waals surface area contributed by atoms with Crippen molar-refractivity contribution in [3.63, 3.8) is 0 Å². The molecule has 0 bridgehead atoms. The van der Waals surface area contributed by atoms with Gasteiger partial charge in [0.05, 0.1) is 12.1 Å². The second-order valence-electron chi connectivity index (χ2n) is 5.14. The summed E-state index contributed by atoms with van der Waals surface area (Å²) in [6, 6.07) is 12.2. The smallest absolute Gasteiger partial charge is 0.228 e. The number of carbonyl (C=O) groups excluding carboxylic acids is 1. The fourth-order valence-electron chi connectivity index (χ4n) is 2.52. The predicted molar refractivity (Wildman–Crippen MR) is 85.3 cm³/mol. The maximum absolute atomic E-state index is 13.0. The quantitative estimate of drug-likeness (QED) is 0.774. The molecule has 108 valence electrons. The molecule has 4 rings (SSSR count). The van der Waals surface area contributed by atoms with Gasteiger partial charge in [0, 0.05) is 22.2 Å². The van der Waals surface area contributed by atoms with E-state index in [2.05, 4.69) is 10.3 Å². The van der Waals surface area contributed by atoms with E-state index in [1.165, 1.54) is 23.5 Å². The predicted octanol–water partition coefficient (Wildman–Crippen LogP) is 4.11. The molecule has 0 radical (unpaired) electrons. The van der Waals surface area contributed by atoms with Crippen LogP contribution in [-0.2, 0) is 11.2 Å². The number of benzene rings is 2. The summed E-state index contributed by atoms with van der Waals surface area (Å²) in [4.78, 5) is 16.0. The highest BCUT2D eigenvalue weighted by Gasteiger charge is 2.18. The van der Waals surface area contributed by atoms with Crippen molar-refractivity contribution in [3.8, 4) is 21.8 Å². The third kappa shape index (κ3) is 2.29. The normalized spacial score (nSPS) is 13.0. The van der Waals surface area contributed by atoms with Crippen molar-refractivity contribution in [1.82, 2.24) is 4.98 Å². The van der Waals surface area contributed by atoms with Crippen LogP contribution in [0.15, 0.2) is 47.8 Å². The van der Waals surface area contributed by atoms with Crippen molar-refractivity contribution < 1.29 is 9.18 Å². The van der Waals surface area contributed by atoms with Crippen molar-refractivity contribution in [1.29, 1.82) is 0 Å². The second-order valence-corrected chi connectivity index (χ2v) is 6.00. The zero-order chi connectivity index (χ0) is 15.1. The van der Waals surface area contributed by atoms with E-state index in [0.29, 0.717) is 6.42 Å². The van der Waals surface area contributed by atoms with Gasteiger partial charge in [-0.1, -0.05) is 6.07 Å². The summed E-state index contributed by atoms with van der Waals surface area (Å²) in [5.74, 6) is -0.228. The number of halogens is 1. The van der Waals surface area contributed by atoms with Gasteiger partial charge in [-0.3, -0.25) is 4.79 Å². The third-order valence-electron chi connectivity index (χ3n) is 3.62. The lowest BCUT2D eigenvalue weighted by Crippen LogP contribution is -2.03. The van der Waals surface area contributed by atoms with Crippen molar-refractivity contribution in [2.24, 2.45) is 0 Å². The minimum absolute atomic E-state index is 0.0254. The Bertz CT molecular complexity index is 871. The minimum Gasteiger partial charge on any atom is -0.326 e. The molecule has 22 heavy (non-hydrogen) atoms. The molecule has 0 spiro atoms. The molecule has 2 aromatic carbocycles. The number of rotatable bonds is 2. The van der Waals surface area contributed by atoms with Crippen molar-refractivity contribution in [2.75, 3.05) is 5.32 Å². The highest BCUT2D eigenvalue weighted by molar-refractivity contribution is 7.13. The van der Waals surface area contributed by atoms with E-state index in [1.807, 2.05) is 23.6 Å². The zero-order valence-corrected chi connectivity index (χ0v) is 12.3. The number of thiazole rings is 1. The fraction of sp³-hybridized carbons (Fsp3) is 0.0588. The summed E-state index contributed by atoms with van der Waals surface area (Å²) in [6.07, 6.45) is 0.415. The Morgan fingerprint density at radius 3 is 2.68 bits per heavy atom. The van der Waals surface area contributed by atoms with Crippen LogP contribution in [0, 0.1) is 5.82 Å². The number of anilines is 1. The van der Waals surface area contributed by atoms with E-state index in [0.717, 1.165) is 33.1 Å². The molecule has 0 saturated carbocycles. The fourth-order valence-corrected chi connectivity index (χ4v) is 3.36. The summed E-state index contributed by atoms with van der Waals surface area (Å²) in [7, 11) is 0. The molecule has 5 heteroatoms. The van der Waals surface area contributed by atoms with Crippen LogP contribution in [0.4, 0.5) is 10.1 Å². The van der Waals surface area contributed by atoms with Gasteiger partial charge < -0.3 is 5.32 Å². The van der Waals surface area contributed by atoms with Crippen molar-refractivity contribution in [2.45, 2.75) is 6.42 Å². The van der Waals surface area contributed by atoms with Crippen LogP contribution in [-0.4, -0.2) is 10.9 Å². The number of amides is 1. The van der Waals surface area contributed by atoms with Crippen LogP contribution < -0.4 is 5.32 Å². The number of hydrogen-bond donors (Lipinski definition) is 1.